The topological polar surface area (TPSA) is 79.8 Å². The summed E-state index contributed by atoms with van der Waals surface area (Å²) >= 11 is 0. The molecule has 0 aliphatic heterocycles. The summed E-state index contributed by atoms with van der Waals surface area (Å²) in [6.07, 6.45) is 2.09. The number of anilines is 1. The second-order valence-corrected chi connectivity index (χ2v) is 5.91. The van der Waals surface area contributed by atoms with Gasteiger partial charge in [0.05, 0.1) is 10.9 Å². The van der Waals surface area contributed by atoms with Crippen molar-refractivity contribution in [3.8, 4) is 0 Å². The minimum Gasteiger partial charge on any atom is -0.322 e. The number of carbonyl (C=O) groups is 1. The van der Waals surface area contributed by atoms with Gasteiger partial charge in [-0.1, -0.05) is 25.5 Å². The third-order valence-corrected chi connectivity index (χ3v) is 3.94. The summed E-state index contributed by atoms with van der Waals surface area (Å²) in [6, 6.07) is 9.40. The van der Waals surface area contributed by atoms with Gasteiger partial charge in [0.2, 0.25) is 0 Å². The van der Waals surface area contributed by atoms with Crippen molar-refractivity contribution < 1.29 is 4.79 Å². The van der Waals surface area contributed by atoms with Gasteiger partial charge in [0.15, 0.2) is 5.65 Å². The van der Waals surface area contributed by atoms with Gasteiger partial charge >= 0.3 is 0 Å². The number of nitrogens with zero attached hydrogens (tertiary/aromatic N) is 2. The van der Waals surface area contributed by atoms with Gasteiger partial charge in [0.1, 0.15) is 0 Å². The van der Waals surface area contributed by atoms with Crippen molar-refractivity contribution >= 4 is 22.6 Å². The van der Waals surface area contributed by atoms with Crippen LogP contribution in [0.3, 0.4) is 0 Å². The zero-order valence-electron chi connectivity index (χ0n) is 14.0. The Balaban J connectivity index is 1.95. The summed E-state index contributed by atoms with van der Waals surface area (Å²) in [5.74, 6) is -0.314. The van der Waals surface area contributed by atoms with Gasteiger partial charge in [-0.15, -0.1) is 0 Å². The SMILES string of the molecule is CCCc1ccc(NC(=O)c2cc(C)nc3c2c(=O)[nH]n3C)cc1. The lowest BCUT2D eigenvalue weighted by Gasteiger charge is -2.08. The molecule has 3 rings (SSSR count). The third-order valence-electron chi connectivity index (χ3n) is 3.94. The molecule has 0 radical (unpaired) electrons. The van der Waals surface area contributed by atoms with Crippen molar-refractivity contribution in [3.05, 3.63) is 57.5 Å². The number of pyridine rings is 1. The molecule has 0 unspecified atom stereocenters. The van der Waals surface area contributed by atoms with Crippen LogP contribution < -0.4 is 10.9 Å². The highest BCUT2D eigenvalue weighted by atomic mass is 16.2. The molecular weight excluding hydrogens is 304 g/mol. The smallest absolute Gasteiger partial charge is 0.274 e. The van der Waals surface area contributed by atoms with E-state index in [-0.39, 0.29) is 11.5 Å². The van der Waals surface area contributed by atoms with Crippen LogP contribution in [0.2, 0.25) is 0 Å². The van der Waals surface area contributed by atoms with Gasteiger partial charge in [-0.3, -0.25) is 19.4 Å². The van der Waals surface area contributed by atoms with Crippen molar-refractivity contribution in [2.24, 2.45) is 7.05 Å². The van der Waals surface area contributed by atoms with E-state index in [4.69, 9.17) is 0 Å². The van der Waals surface area contributed by atoms with E-state index >= 15 is 0 Å². The fourth-order valence-corrected chi connectivity index (χ4v) is 2.81. The zero-order valence-corrected chi connectivity index (χ0v) is 14.0. The number of hydrogen-bond donors (Lipinski definition) is 2. The Morgan fingerprint density at radius 1 is 1.29 bits per heavy atom. The van der Waals surface area contributed by atoms with E-state index in [1.54, 1.807) is 20.0 Å². The molecule has 0 aliphatic rings. The predicted molar refractivity (Wildman–Crippen MR) is 94.5 cm³/mol. The molecule has 6 nitrogen and oxygen atoms in total. The number of H-pyrrole nitrogens is 1. The minimum atomic E-state index is -0.316. The molecule has 2 N–H and O–H groups in total. The van der Waals surface area contributed by atoms with E-state index in [1.165, 1.54) is 10.2 Å². The van der Waals surface area contributed by atoms with E-state index in [0.717, 1.165) is 12.8 Å². The fourth-order valence-electron chi connectivity index (χ4n) is 2.81. The summed E-state index contributed by atoms with van der Waals surface area (Å²) in [6.45, 7) is 3.93. The highest BCUT2D eigenvalue weighted by Crippen LogP contribution is 2.17. The van der Waals surface area contributed by atoms with Crippen LogP contribution in [0.1, 0.15) is 35.0 Å². The molecule has 0 fully saturated rings. The van der Waals surface area contributed by atoms with E-state index in [9.17, 15) is 9.59 Å². The first-order valence-corrected chi connectivity index (χ1v) is 7.96. The lowest BCUT2D eigenvalue weighted by molar-refractivity contribution is 0.102. The van der Waals surface area contributed by atoms with E-state index < -0.39 is 0 Å². The Kier molecular flexibility index (Phi) is 4.20. The number of benzene rings is 1. The maximum atomic E-state index is 12.7. The molecule has 2 aromatic heterocycles. The van der Waals surface area contributed by atoms with Crippen LogP contribution in [0.15, 0.2) is 35.1 Å². The number of aromatic nitrogens is 3. The maximum Gasteiger partial charge on any atom is 0.274 e. The molecule has 2 heterocycles. The number of aromatic amines is 1. The molecule has 0 saturated heterocycles. The Morgan fingerprint density at radius 2 is 2.00 bits per heavy atom. The molecule has 1 aromatic carbocycles. The predicted octanol–water partition coefficient (Wildman–Crippen LogP) is 2.77. The largest absolute Gasteiger partial charge is 0.322 e. The molecule has 24 heavy (non-hydrogen) atoms. The molecule has 3 aromatic rings. The standard InChI is InChI=1S/C18H20N4O2/c1-4-5-12-6-8-13(9-7-12)20-17(23)14-10-11(2)19-16-15(14)18(24)21-22(16)3/h6-10H,4-5H2,1-3H3,(H,20,23)(H,21,24). The van der Waals surface area contributed by atoms with Crippen LogP contribution in [0.5, 0.6) is 0 Å². The second kappa shape index (κ2) is 6.31. The maximum absolute atomic E-state index is 12.7. The highest BCUT2D eigenvalue weighted by molar-refractivity contribution is 6.11. The lowest BCUT2D eigenvalue weighted by Crippen LogP contribution is -2.15. The van der Waals surface area contributed by atoms with Crippen molar-refractivity contribution in [2.45, 2.75) is 26.7 Å². The zero-order chi connectivity index (χ0) is 17.3. The van der Waals surface area contributed by atoms with Gasteiger partial charge in [0, 0.05) is 18.4 Å². The summed E-state index contributed by atoms with van der Waals surface area (Å²) in [5, 5.41) is 5.81. The average molecular weight is 324 g/mol. The number of rotatable bonds is 4. The molecule has 0 bridgehead atoms. The van der Waals surface area contributed by atoms with Gasteiger partial charge in [-0.05, 0) is 37.1 Å². The van der Waals surface area contributed by atoms with Gasteiger partial charge in [-0.25, -0.2) is 4.98 Å². The first-order chi connectivity index (χ1) is 11.5. The summed E-state index contributed by atoms with van der Waals surface area (Å²) in [7, 11) is 1.70. The summed E-state index contributed by atoms with van der Waals surface area (Å²) < 4.78 is 1.53. The Hall–Kier alpha value is -2.89. The average Bonchev–Trinajstić information content (AvgIpc) is 2.83. The Bertz CT molecular complexity index is 952. The van der Waals surface area contributed by atoms with E-state index in [0.29, 0.717) is 28.0 Å². The number of carbonyl (C=O) groups excluding carboxylic acids is 1. The van der Waals surface area contributed by atoms with Crippen molar-refractivity contribution in [1.82, 2.24) is 14.8 Å². The number of hydrogen-bond acceptors (Lipinski definition) is 3. The molecule has 124 valence electrons. The Morgan fingerprint density at radius 3 is 2.67 bits per heavy atom. The molecule has 6 heteroatoms. The summed E-state index contributed by atoms with van der Waals surface area (Å²) in [4.78, 5) is 29.1. The van der Waals surface area contributed by atoms with Crippen LogP contribution in [0.4, 0.5) is 5.69 Å². The summed E-state index contributed by atoms with van der Waals surface area (Å²) in [5.41, 5.74) is 3.11. The molecule has 1 amide bonds. The lowest BCUT2D eigenvalue weighted by atomic mass is 10.1. The normalized spacial score (nSPS) is 11.0. The van der Waals surface area contributed by atoms with Gasteiger partial charge < -0.3 is 5.32 Å². The van der Waals surface area contributed by atoms with Gasteiger partial charge in [-0.2, -0.15) is 0 Å². The first kappa shape index (κ1) is 16.0. The van der Waals surface area contributed by atoms with Crippen molar-refractivity contribution in [1.29, 1.82) is 0 Å². The number of amides is 1. The van der Waals surface area contributed by atoms with Crippen LogP contribution in [0.25, 0.3) is 11.0 Å². The Labute approximate surface area is 139 Å². The molecule has 0 saturated carbocycles. The number of aryl methyl sites for hydroxylation is 3. The van der Waals surface area contributed by atoms with E-state index in [2.05, 4.69) is 22.3 Å². The fraction of sp³-hybridized carbons (Fsp3) is 0.278. The first-order valence-electron chi connectivity index (χ1n) is 7.96. The third kappa shape index (κ3) is 2.95. The molecule has 0 spiro atoms. The number of nitrogens with one attached hydrogen (secondary N) is 2. The molecule has 0 atom stereocenters. The van der Waals surface area contributed by atoms with Crippen LogP contribution >= 0.6 is 0 Å². The van der Waals surface area contributed by atoms with Crippen LogP contribution in [-0.4, -0.2) is 20.7 Å². The quantitative estimate of drug-likeness (QED) is 0.774. The van der Waals surface area contributed by atoms with Crippen LogP contribution in [-0.2, 0) is 13.5 Å². The minimum absolute atomic E-state index is 0.309. The molecule has 0 aliphatic carbocycles. The highest BCUT2D eigenvalue weighted by Gasteiger charge is 2.17. The van der Waals surface area contributed by atoms with E-state index in [1.807, 2.05) is 24.3 Å². The van der Waals surface area contributed by atoms with Crippen molar-refractivity contribution in [2.75, 3.05) is 5.32 Å². The second-order valence-electron chi connectivity index (χ2n) is 5.91. The monoisotopic (exact) mass is 324 g/mol. The van der Waals surface area contributed by atoms with Gasteiger partial charge in [0.25, 0.3) is 11.5 Å². The van der Waals surface area contributed by atoms with Crippen molar-refractivity contribution in [3.63, 3.8) is 0 Å². The molecular formula is C18H20N4O2. The van der Waals surface area contributed by atoms with Crippen LogP contribution in [0, 0.1) is 6.92 Å². The number of fused-ring (bicyclic) bond motifs is 1.